The van der Waals surface area contributed by atoms with Gasteiger partial charge in [0.2, 0.25) is 5.91 Å². The van der Waals surface area contributed by atoms with Crippen molar-refractivity contribution in [3.05, 3.63) is 59.4 Å². The van der Waals surface area contributed by atoms with E-state index in [1.807, 2.05) is 41.3 Å². The zero-order valence-electron chi connectivity index (χ0n) is 13.3. The molecule has 0 aliphatic carbocycles. The highest BCUT2D eigenvalue weighted by molar-refractivity contribution is 6.29. The highest BCUT2D eigenvalue weighted by Crippen LogP contribution is 2.21. The van der Waals surface area contributed by atoms with Crippen molar-refractivity contribution in [2.45, 2.75) is 5.92 Å². The van der Waals surface area contributed by atoms with E-state index in [4.69, 9.17) is 16.3 Å². The molecule has 5 nitrogen and oxygen atoms in total. The molecular formula is C18H20ClN3O2. The van der Waals surface area contributed by atoms with Crippen LogP contribution < -0.4 is 5.32 Å². The Kier molecular flexibility index (Phi) is 5.67. The smallest absolute Gasteiger partial charge is 0.232 e. The second-order valence-electron chi connectivity index (χ2n) is 5.65. The van der Waals surface area contributed by atoms with E-state index in [1.54, 1.807) is 12.3 Å². The highest BCUT2D eigenvalue weighted by atomic mass is 35.5. The van der Waals surface area contributed by atoms with E-state index < -0.39 is 0 Å². The van der Waals surface area contributed by atoms with E-state index in [0.717, 1.165) is 11.3 Å². The molecule has 1 aromatic heterocycles. The molecule has 2 heterocycles. The molecule has 0 bridgehead atoms. The lowest BCUT2D eigenvalue weighted by molar-refractivity contribution is -0.136. The van der Waals surface area contributed by atoms with E-state index in [0.29, 0.717) is 38.0 Å². The van der Waals surface area contributed by atoms with Crippen LogP contribution in [0.15, 0.2) is 48.7 Å². The summed E-state index contributed by atoms with van der Waals surface area (Å²) in [6.07, 6.45) is 1.64. The molecule has 24 heavy (non-hydrogen) atoms. The largest absolute Gasteiger partial charge is 0.384 e. The van der Waals surface area contributed by atoms with Crippen molar-refractivity contribution in [3.63, 3.8) is 0 Å². The van der Waals surface area contributed by atoms with Crippen LogP contribution in [0.3, 0.4) is 0 Å². The number of rotatable bonds is 5. The van der Waals surface area contributed by atoms with Crippen molar-refractivity contribution in [2.75, 3.05) is 38.2 Å². The Labute approximate surface area is 146 Å². The molecule has 6 heteroatoms. The summed E-state index contributed by atoms with van der Waals surface area (Å²) < 4.78 is 5.35. The average Bonchev–Trinajstić information content (AvgIpc) is 2.63. The van der Waals surface area contributed by atoms with Gasteiger partial charge in [-0.25, -0.2) is 4.98 Å². The number of ether oxygens (including phenoxy) is 1. The van der Waals surface area contributed by atoms with Gasteiger partial charge in [-0.1, -0.05) is 41.9 Å². The molecule has 0 radical (unpaired) electrons. The Morgan fingerprint density at radius 3 is 2.71 bits per heavy atom. The number of hydrogen-bond donors (Lipinski definition) is 1. The molecule has 1 amide bonds. The first-order valence-corrected chi connectivity index (χ1v) is 8.39. The molecule has 0 saturated carbocycles. The number of hydrogen-bond acceptors (Lipinski definition) is 4. The molecule has 1 unspecified atom stereocenters. The predicted octanol–water partition coefficient (Wildman–Crippen LogP) is 2.79. The Morgan fingerprint density at radius 2 is 2.00 bits per heavy atom. The lowest BCUT2D eigenvalue weighted by Gasteiger charge is -2.31. The van der Waals surface area contributed by atoms with Gasteiger partial charge in [0, 0.05) is 31.5 Å². The molecule has 1 aromatic carbocycles. The van der Waals surface area contributed by atoms with Crippen molar-refractivity contribution < 1.29 is 9.53 Å². The average molecular weight is 346 g/mol. The number of carbonyl (C=O) groups is 1. The van der Waals surface area contributed by atoms with E-state index in [2.05, 4.69) is 10.3 Å². The van der Waals surface area contributed by atoms with Crippen LogP contribution in [0, 0.1) is 0 Å². The van der Waals surface area contributed by atoms with Crippen molar-refractivity contribution >= 4 is 23.2 Å². The minimum absolute atomic E-state index is 0.122. The normalized spacial score (nSPS) is 15.8. The lowest BCUT2D eigenvalue weighted by atomic mass is 9.97. The maximum Gasteiger partial charge on any atom is 0.232 e. The van der Waals surface area contributed by atoms with Gasteiger partial charge in [-0.2, -0.15) is 0 Å². The van der Waals surface area contributed by atoms with E-state index in [-0.39, 0.29) is 11.8 Å². The first-order valence-electron chi connectivity index (χ1n) is 8.01. The number of benzene rings is 1. The maximum atomic E-state index is 13.0. The number of carbonyl (C=O) groups excluding carboxylic acids is 1. The summed E-state index contributed by atoms with van der Waals surface area (Å²) in [6, 6.07) is 13.4. The molecule has 2 aromatic rings. The topological polar surface area (TPSA) is 54.5 Å². The number of aromatic nitrogens is 1. The summed E-state index contributed by atoms with van der Waals surface area (Å²) in [5.74, 6) is -0.131. The Morgan fingerprint density at radius 1 is 1.25 bits per heavy atom. The van der Waals surface area contributed by atoms with Gasteiger partial charge < -0.3 is 15.0 Å². The van der Waals surface area contributed by atoms with Gasteiger partial charge in [-0.15, -0.1) is 0 Å². The molecule has 1 saturated heterocycles. The zero-order chi connectivity index (χ0) is 16.8. The minimum Gasteiger partial charge on any atom is -0.384 e. The quantitative estimate of drug-likeness (QED) is 0.847. The fourth-order valence-corrected chi connectivity index (χ4v) is 2.94. The van der Waals surface area contributed by atoms with Crippen molar-refractivity contribution in [2.24, 2.45) is 0 Å². The molecule has 1 aliphatic rings. The highest BCUT2D eigenvalue weighted by Gasteiger charge is 2.27. The van der Waals surface area contributed by atoms with Crippen LogP contribution in [0.25, 0.3) is 0 Å². The fraction of sp³-hybridized carbons (Fsp3) is 0.333. The van der Waals surface area contributed by atoms with Gasteiger partial charge in [0.15, 0.2) is 0 Å². The van der Waals surface area contributed by atoms with Crippen molar-refractivity contribution in [3.8, 4) is 0 Å². The van der Waals surface area contributed by atoms with Crippen LogP contribution in [-0.4, -0.2) is 48.6 Å². The van der Waals surface area contributed by atoms with E-state index in [9.17, 15) is 4.79 Å². The number of amides is 1. The van der Waals surface area contributed by atoms with Crippen molar-refractivity contribution in [1.82, 2.24) is 9.88 Å². The Balaban J connectivity index is 1.75. The first kappa shape index (κ1) is 16.7. The van der Waals surface area contributed by atoms with Crippen LogP contribution in [0.1, 0.15) is 11.5 Å². The van der Waals surface area contributed by atoms with Gasteiger partial charge >= 0.3 is 0 Å². The fourth-order valence-electron chi connectivity index (χ4n) is 2.77. The molecule has 1 aliphatic heterocycles. The Bertz CT molecular complexity index is 675. The standard InChI is InChI=1S/C18H20ClN3O2/c19-17-12-15(6-7-20-17)21-13-16(14-4-2-1-3-5-14)18(23)22-8-10-24-11-9-22/h1-7,12,16H,8-11,13H2,(H,20,21). The summed E-state index contributed by atoms with van der Waals surface area (Å²) in [5.41, 5.74) is 1.85. The molecule has 1 N–H and O–H groups in total. The first-order chi connectivity index (χ1) is 11.7. The van der Waals surface area contributed by atoms with Gasteiger partial charge in [0.25, 0.3) is 0 Å². The molecule has 0 spiro atoms. The molecular weight excluding hydrogens is 326 g/mol. The third-order valence-electron chi connectivity index (χ3n) is 4.06. The third kappa shape index (κ3) is 4.24. The summed E-state index contributed by atoms with van der Waals surface area (Å²) in [4.78, 5) is 18.8. The summed E-state index contributed by atoms with van der Waals surface area (Å²) >= 11 is 5.92. The van der Waals surface area contributed by atoms with Crippen LogP contribution in [-0.2, 0) is 9.53 Å². The van der Waals surface area contributed by atoms with Crippen LogP contribution in [0.5, 0.6) is 0 Å². The minimum atomic E-state index is -0.253. The monoisotopic (exact) mass is 345 g/mol. The summed E-state index contributed by atoms with van der Waals surface area (Å²) in [5, 5.41) is 3.73. The molecule has 3 rings (SSSR count). The maximum absolute atomic E-state index is 13.0. The second-order valence-corrected chi connectivity index (χ2v) is 6.04. The molecule has 126 valence electrons. The van der Waals surface area contributed by atoms with Crippen LogP contribution in [0.2, 0.25) is 5.15 Å². The van der Waals surface area contributed by atoms with E-state index >= 15 is 0 Å². The van der Waals surface area contributed by atoms with Crippen molar-refractivity contribution in [1.29, 1.82) is 0 Å². The second kappa shape index (κ2) is 8.13. The summed E-state index contributed by atoms with van der Waals surface area (Å²) in [7, 11) is 0. The Hall–Kier alpha value is -2.11. The van der Waals surface area contributed by atoms with Crippen LogP contribution in [0.4, 0.5) is 5.69 Å². The predicted molar refractivity (Wildman–Crippen MR) is 94.3 cm³/mol. The van der Waals surface area contributed by atoms with E-state index in [1.165, 1.54) is 0 Å². The molecule has 1 fully saturated rings. The van der Waals surface area contributed by atoms with Gasteiger partial charge in [0.05, 0.1) is 19.1 Å². The summed E-state index contributed by atoms with van der Waals surface area (Å²) in [6.45, 7) is 2.98. The zero-order valence-corrected chi connectivity index (χ0v) is 14.1. The SMILES string of the molecule is O=C(C(CNc1ccnc(Cl)c1)c1ccccc1)N1CCOCC1. The number of anilines is 1. The third-order valence-corrected chi connectivity index (χ3v) is 4.27. The number of pyridine rings is 1. The number of halogens is 1. The number of nitrogens with zero attached hydrogens (tertiary/aromatic N) is 2. The number of nitrogens with one attached hydrogen (secondary N) is 1. The van der Waals surface area contributed by atoms with Crippen LogP contribution >= 0.6 is 11.6 Å². The molecule has 1 atom stereocenters. The van der Waals surface area contributed by atoms with Gasteiger partial charge in [-0.05, 0) is 17.7 Å². The van der Waals surface area contributed by atoms with Gasteiger partial charge in [-0.3, -0.25) is 4.79 Å². The number of morpholine rings is 1. The lowest BCUT2D eigenvalue weighted by Crippen LogP contribution is -2.44. The van der Waals surface area contributed by atoms with Gasteiger partial charge in [0.1, 0.15) is 5.15 Å².